The molecule has 0 amide bonds. The topological polar surface area (TPSA) is 29.5 Å². The van der Waals surface area contributed by atoms with Crippen LogP contribution in [-0.4, -0.2) is 5.11 Å². The minimum Gasteiger partial charge on any atom is -0.508 e. The molecule has 0 fully saturated rings. The van der Waals surface area contributed by atoms with Crippen molar-refractivity contribution in [2.24, 2.45) is 0 Å². The predicted octanol–water partition coefficient (Wildman–Crippen LogP) is 1.89. The van der Waals surface area contributed by atoms with E-state index in [1.807, 2.05) is 12.1 Å². The third kappa shape index (κ3) is 1.07. The Balaban J connectivity index is 2.54. The van der Waals surface area contributed by atoms with Crippen LogP contribution in [0.15, 0.2) is 24.5 Å². The van der Waals surface area contributed by atoms with E-state index in [1.54, 1.807) is 18.4 Å². The lowest BCUT2D eigenvalue weighted by atomic mass is 10.1. The number of benzene rings is 1. The van der Waals surface area contributed by atoms with Crippen molar-refractivity contribution in [1.29, 1.82) is 0 Å². The summed E-state index contributed by atoms with van der Waals surface area (Å²) in [7, 11) is 0. The second kappa shape index (κ2) is 2.31. The van der Waals surface area contributed by atoms with Gasteiger partial charge in [0.05, 0.1) is 6.26 Å². The van der Waals surface area contributed by atoms with E-state index in [-0.39, 0.29) is 0 Å². The molecule has 56 valence electrons. The molecule has 0 bridgehead atoms. The Morgan fingerprint density at radius 1 is 1.36 bits per heavy atom. The van der Waals surface area contributed by atoms with Gasteiger partial charge in [0, 0.05) is 0 Å². The van der Waals surface area contributed by atoms with E-state index in [9.17, 15) is 0 Å². The van der Waals surface area contributed by atoms with Gasteiger partial charge in [-0.3, -0.25) is 0 Å². The fraction of sp³-hybridized carbons (Fsp3) is 0.111. The molecule has 0 saturated carbocycles. The first-order valence-corrected chi connectivity index (χ1v) is 3.46. The van der Waals surface area contributed by atoms with Crippen LogP contribution in [0.4, 0.5) is 0 Å². The minimum atomic E-state index is 0.301. The normalized spacial score (nSPS) is 13.8. The fourth-order valence-electron chi connectivity index (χ4n) is 1.13. The standard InChI is InChI=1S/C9H8O2/c10-9-2-1-8-6-11-4-3-7(8)5-9/h1-5,10H,6H2. The zero-order valence-electron chi connectivity index (χ0n) is 5.95. The highest BCUT2D eigenvalue weighted by Gasteiger charge is 2.04. The van der Waals surface area contributed by atoms with Gasteiger partial charge < -0.3 is 9.84 Å². The number of ether oxygens (including phenoxy) is 1. The van der Waals surface area contributed by atoms with Gasteiger partial charge in [-0.25, -0.2) is 0 Å². The Hall–Kier alpha value is -1.44. The zero-order valence-corrected chi connectivity index (χ0v) is 5.95. The van der Waals surface area contributed by atoms with E-state index in [4.69, 9.17) is 9.84 Å². The van der Waals surface area contributed by atoms with Gasteiger partial charge >= 0.3 is 0 Å². The molecule has 1 aromatic carbocycles. The largest absolute Gasteiger partial charge is 0.508 e. The van der Waals surface area contributed by atoms with Crippen molar-refractivity contribution >= 4 is 6.08 Å². The first-order valence-electron chi connectivity index (χ1n) is 3.46. The van der Waals surface area contributed by atoms with Gasteiger partial charge in [-0.05, 0) is 29.3 Å². The first-order chi connectivity index (χ1) is 5.36. The lowest BCUT2D eigenvalue weighted by Gasteiger charge is -2.10. The lowest BCUT2D eigenvalue weighted by Crippen LogP contribution is -1.94. The molecule has 2 heteroatoms. The van der Waals surface area contributed by atoms with Crippen molar-refractivity contribution in [1.82, 2.24) is 0 Å². The molecule has 1 aliphatic rings. The summed E-state index contributed by atoms with van der Waals surface area (Å²) in [5.41, 5.74) is 2.15. The third-order valence-corrected chi connectivity index (χ3v) is 1.71. The molecule has 0 spiro atoms. The molecule has 0 unspecified atom stereocenters. The van der Waals surface area contributed by atoms with Crippen LogP contribution in [0, 0.1) is 0 Å². The molecule has 1 heterocycles. The Morgan fingerprint density at radius 2 is 2.27 bits per heavy atom. The van der Waals surface area contributed by atoms with Crippen LogP contribution in [-0.2, 0) is 11.3 Å². The second-order valence-electron chi connectivity index (χ2n) is 2.50. The third-order valence-electron chi connectivity index (χ3n) is 1.71. The summed E-state index contributed by atoms with van der Waals surface area (Å²) in [6.07, 6.45) is 3.49. The van der Waals surface area contributed by atoms with E-state index in [2.05, 4.69) is 0 Å². The highest BCUT2D eigenvalue weighted by atomic mass is 16.5. The number of hydrogen-bond donors (Lipinski definition) is 1. The van der Waals surface area contributed by atoms with Gasteiger partial charge in [0.1, 0.15) is 12.4 Å². The molecule has 1 aromatic rings. The highest BCUT2D eigenvalue weighted by molar-refractivity contribution is 5.56. The Kier molecular flexibility index (Phi) is 1.32. The van der Waals surface area contributed by atoms with Crippen LogP contribution in [0.25, 0.3) is 6.08 Å². The highest BCUT2D eigenvalue weighted by Crippen LogP contribution is 2.21. The van der Waals surface area contributed by atoms with Gasteiger partial charge in [0.15, 0.2) is 0 Å². The molecule has 2 rings (SSSR count). The second-order valence-corrected chi connectivity index (χ2v) is 2.50. The first kappa shape index (κ1) is 6.28. The maximum absolute atomic E-state index is 9.11. The van der Waals surface area contributed by atoms with E-state index in [0.717, 1.165) is 11.1 Å². The van der Waals surface area contributed by atoms with Crippen molar-refractivity contribution in [2.75, 3.05) is 0 Å². The summed E-state index contributed by atoms with van der Waals surface area (Å²) in [4.78, 5) is 0. The van der Waals surface area contributed by atoms with Gasteiger partial charge in [-0.2, -0.15) is 0 Å². The van der Waals surface area contributed by atoms with Crippen LogP contribution >= 0.6 is 0 Å². The van der Waals surface area contributed by atoms with Gasteiger partial charge in [0.25, 0.3) is 0 Å². The van der Waals surface area contributed by atoms with E-state index in [0.29, 0.717) is 12.4 Å². The number of phenols is 1. The van der Waals surface area contributed by atoms with Crippen LogP contribution in [0.5, 0.6) is 5.75 Å². The molecular weight excluding hydrogens is 140 g/mol. The molecule has 2 nitrogen and oxygen atoms in total. The van der Waals surface area contributed by atoms with Crippen molar-refractivity contribution < 1.29 is 9.84 Å². The number of hydrogen-bond acceptors (Lipinski definition) is 2. The summed E-state index contributed by atoms with van der Waals surface area (Å²) in [5.74, 6) is 0.301. The maximum atomic E-state index is 9.11. The maximum Gasteiger partial charge on any atom is 0.116 e. The Morgan fingerprint density at radius 3 is 3.18 bits per heavy atom. The van der Waals surface area contributed by atoms with E-state index < -0.39 is 0 Å². The Labute approximate surface area is 64.7 Å². The summed E-state index contributed by atoms with van der Waals surface area (Å²) < 4.78 is 5.07. The van der Waals surface area contributed by atoms with Crippen LogP contribution in [0.3, 0.4) is 0 Å². The quantitative estimate of drug-likeness (QED) is 0.608. The Bertz CT molecular complexity index is 302. The molecule has 0 aromatic heterocycles. The molecule has 1 aliphatic heterocycles. The molecule has 0 saturated heterocycles. The van der Waals surface area contributed by atoms with E-state index in [1.165, 1.54) is 0 Å². The van der Waals surface area contributed by atoms with Crippen molar-refractivity contribution in [2.45, 2.75) is 6.61 Å². The summed E-state index contributed by atoms with van der Waals surface area (Å²) in [6, 6.07) is 5.27. The number of aromatic hydroxyl groups is 1. The monoisotopic (exact) mass is 148 g/mol. The number of fused-ring (bicyclic) bond motifs is 1. The average molecular weight is 148 g/mol. The number of phenolic OH excluding ortho intramolecular Hbond substituents is 1. The molecule has 0 radical (unpaired) electrons. The van der Waals surface area contributed by atoms with Gasteiger partial charge in [-0.15, -0.1) is 0 Å². The summed E-state index contributed by atoms with van der Waals surface area (Å²) in [6.45, 7) is 0.603. The minimum absolute atomic E-state index is 0.301. The van der Waals surface area contributed by atoms with E-state index >= 15 is 0 Å². The predicted molar refractivity (Wildman–Crippen MR) is 41.9 cm³/mol. The average Bonchev–Trinajstić information content (AvgIpc) is 2.04. The molecule has 0 atom stereocenters. The van der Waals surface area contributed by atoms with Gasteiger partial charge in [0.2, 0.25) is 0 Å². The molecule has 11 heavy (non-hydrogen) atoms. The fourth-order valence-corrected chi connectivity index (χ4v) is 1.13. The van der Waals surface area contributed by atoms with Crippen molar-refractivity contribution in [3.63, 3.8) is 0 Å². The smallest absolute Gasteiger partial charge is 0.116 e. The summed E-state index contributed by atoms with van der Waals surface area (Å²) >= 11 is 0. The lowest BCUT2D eigenvalue weighted by molar-refractivity contribution is 0.234. The molecule has 1 N–H and O–H groups in total. The summed E-state index contributed by atoms with van der Waals surface area (Å²) in [5, 5.41) is 9.11. The van der Waals surface area contributed by atoms with Gasteiger partial charge in [-0.1, -0.05) is 6.07 Å². The van der Waals surface area contributed by atoms with Crippen LogP contribution in [0.1, 0.15) is 11.1 Å². The SMILES string of the molecule is Oc1ccc2c(c1)C=COC2. The molecule has 0 aliphatic carbocycles. The van der Waals surface area contributed by atoms with Crippen LogP contribution < -0.4 is 0 Å². The van der Waals surface area contributed by atoms with Crippen molar-refractivity contribution in [3.05, 3.63) is 35.6 Å². The van der Waals surface area contributed by atoms with Crippen LogP contribution in [0.2, 0.25) is 0 Å². The molecular formula is C9H8O2. The zero-order chi connectivity index (χ0) is 7.68. The number of rotatable bonds is 0. The van der Waals surface area contributed by atoms with Crippen molar-refractivity contribution in [3.8, 4) is 5.75 Å².